The van der Waals surface area contributed by atoms with Crippen molar-refractivity contribution in [1.82, 2.24) is 9.97 Å². The van der Waals surface area contributed by atoms with E-state index >= 15 is 0 Å². The molecule has 2 aromatic rings. The number of nitrogens with one attached hydrogen (secondary N) is 1. The Morgan fingerprint density at radius 1 is 1.29 bits per heavy atom. The van der Waals surface area contributed by atoms with Crippen molar-refractivity contribution >= 4 is 23.2 Å². The normalized spacial score (nSPS) is 9.71. The van der Waals surface area contributed by atoms with Gasteiger partial charge in [-0.25, -0.2) is 9.97 Å². The van der Waals surface area contributed by atoms with Gasteiger partial charge in [0.2, 0.25) is 0 Å². The highest BCUT2D eigenvalue weighted by Crippen LogP contribution is 2.17. The lowest BCUT2D eigenvalue weighted by molar-refractivity contribution is 1.17. The smallest absolute Gasteiger partial charge is 0.132 e. The standard InChI is InChI=1S/C12H9ClN4/c1-8-9(7-14)2-3-11(16-8)17-12-6-10(13)4-5-15-12/h2-6H,1H3,(H,15,16,17). The van der Waals surface area contributed by atoms with Gasteiger partial charge in [-0.15, -0.1) is 0 Å². The lowest BCUT2D eigenvalue weighted by atomic mass is 10.2. The molecule has 0 aliphatic heterocycles. The van der Waals surface area contributed by atoms with Crippen molar-refractivity contribution < 1.29 is 0 Å². The van der Waals surface area contributed by atoms with E-state index < -0.39 is 0 Å². The van der Waals surface area contributed by atoms with Crippen LogP contribution in [0.1, 0.15) is 11.3 Å². The molecule has 4 nitrogen and oxygen atoms in total. The SMILES string of the molecule is Cc1nc(Nc2cc(Cl)ccn2)ccc1C#N. The average molecular weight is 245 g/mol. The molecular weight excluding hydrogens is 236 g/mol. The summed E-state index contributed by atoms with van der Waals surface area (Å²) in [5.74, 6) is 1.25. The zero-order valence-electron chi connectivity index (χ0n) is 9.11. The Hall–Kier alpha value is -2.12. The van der Waals surface area contributed by atoms with Crippen LogP contribution in [0.3, 0.4) is 0 Å². The van der Waals surface area contributed by atoms with Crippen LogP contribution in [0, 0.1) is 18.3 Å². The first-order chi connectivity index (χ1) is 8.19. The van der Waals surface area contributed by atoms with E-state index in [4.69, 9.17) is 16.9 Å². The van der Waals surface area contributed by atoms with Crippen LogP contribution in [0.5, 0.6) is 0 Å². The molecule has 5 heteroatoms. The monoisotopic (exact) mass is 244 g/mol. The second kappa shape index (κ2) is 4.81. The minimum absolute atomic E-state index is 0.564. The van der Waals surface area contributed by atoms with Crippen LogP contribution < -0.4 is 5.32 Å². The van der Waals surface area contributed by atoms with Gasteiger partial charge < -0.3 is 5.32 Å². The van der Waals surface area contributed by atoms with Crippen molar-refractivity contribution in [3.8, 4) is 6.07 Å². The first kappa shape index (κ1) is 11.4. The maximum absolute atomic E-state index is 8.80. The molecule has 1 N–H and O–H groups in total. The summed E-state index contributed by atoms with van der Waals surface area (Å²) >= 11 is 5.85. The van der Waals surface area contributed by atoms with Crippen LogP contribution >= 0.6 is 11.6 Å². The summed E-state index contributed by atoms with van der Waals surface area (Å²) in [6.07, 6.45) is 1.61. The first-order valence-electron chi connectivity index (χ1n) is 4.95. The summed E-state index contributed by atoms with van der Waals surface area (Å²) in [6, 6.07) is 8.92. The molecule has 0 spiro atoms. The number of nitrogens with zero attached hydrogens (tertiary/aromatic N) is 3. The van der Waals surface area contributed by atoms with E-state index in [0.29, 0.717) is 27.9 Å². The van der Waals surface area contributed by atoms with Crippen LogP contribution in [-0.4, -0.2) is 9.97 Å². The van der Waals surface area contributed by atoms with Crippen LogP contribution in [0.4, 0.5) is 11.6 Å². The number of anilines is 2. The Morgan fingerprint density at radius 3 is 2.76 bits per heavy atom. The second-order valence-electron chi connectivity index (χ2n) is 3.43. The molecule has 2 aromatic heterocycles. The molecule has 0 saturated heterocycles. The molecule has 0 saturated carbocycles. The van der Waals surface area contributed by atoms with Gasteiger partial charge in [0.25, 0.3) is 0 Å². The van der Waals surface area contributed by atoms with Crippen LogP contribution in [0.15, 0.2) is 30.5 Å². The number of aromatic nitrogens is 2. The summed E-state index contributed by atoms with van der Waals surface area (Å²) in [4.78, 5) is 8.36. The van der Waals surface area contributed by atoms with E-state index in [0.717, 1.165) is 0 Å². The maximum atomic E-state index is 8.80. The van der Waals surface area contributed by atoms with E-state index in [1.165, 1.54) is 0 Å². The van der Waals surface area contributed by atoms with Crippen molar-refractivity contribution in [2.45, 2.75) is 6.92 Å². The van der Waals surface area contributed by atoms with Crippen LogP contribution in [0.25, 0.3) is 0 Å². The second-order valence-corrected chi connectivity index (χ2v) is 3.86. The molecule has 0 aliphatic carbocycles. The van der Waals surface area contributed by atoms with Crippen molar-refractivity contribution in [2.75, 3.05) is 5.32 Å². The van der Waals surface area contributed by atoms with Crippen molar-refractivity contribution in [3.05, 3.63) is 46.7 Å². The zero-order valence-corrected chi connectivity index (χ0v) is 9.86. The van der Waals surface area contributed by atoms with Crippen LogP contribution in [0.2, 0.25) is 5.02 Å². The molecule has 0 fully saturated rings. The molecule has 17 heavy (non-hydrogen) atoms. The van der Waals surface area contributed by atoms with Gasteiger partial charge in [0.1, 0.15) is 17.7 Å². The molecular formula is C12H9ClN4. The average Bonchev–Trinajstić information content (AvgIpc) is 2.29. The van der Waals surface area contributed by atoms with E-state index in [-0.39, 0.29) is 0 Å². The van der Waals surface area contributed by atoms with E-state index in [9.17, 15) is 0 Å². The highest BCUT2D eigenvalue weighted by atomic mass is 35.5. The summed E-state index contributed by atoms with van der Waals surface area (Å²) in [5.41, 5.74) is 1.24. The molecule has 0 aromatic carbocycles. The lowest BCUT2D eigenvalue weighted by Crippen LogP contribution is -1.98. The maximum Gasteiger partial charge on any atom is 0.132 e. The van der Waals surface area contributed by atoms with Crippen molar-refractivity contribution in [1.29, 1.82) is 5.26 Å². The van der Waals surface area contributed by atoms with Gasteiger partial charge in [-0.1, -0.05) is 11.6 Å². The van der Waals surface area contributed by atoms with Gasteiger partial charge in [-0.3, -0.25) is 0 Å². The number of halogens is 1. The number of hydrogen-bond donors (Lipinski definition) is 1. The predicted molar refractivity (Wildman–Crippen MR) is 66.2 cm³/mol. The molecule has 0 aliphatic rings. The fraction of sp³-hybridized carbons (Fsp3) is 0.0833. The van der Waals surface area contributed by atoms with Gasteiger partial charge in [-0.05, 0) is 31.2 Å². The Bertz CT molecular complexity index is 589. The summed E-state index contributed by atoms with van der Waals surface area (Å²) in [5, 5.41) is 12.4. The summed E-state index contributed by atoms with van der Waals surface area (Å²) < 4.78 is 0. The molecule has 0 unspecified atom stereocenters. The zero-order chi connectivity index (χ0) is 12.3. The van der Waals surface area contributed by atoms with E-state index in [1.54, 1.807) is 37.4 Å². The first-order valence-corrected chi connectivity index (χ1v) is 5.33. The molecule has 0 bridgehead atoms. The molecule has 2 heterocycles. The quantitative estimate of drug-likeness (QED) is 0.882. The summed E-state index contributed by atoms with van der Waals surface area (Å²) in [7, 11) is 0. The minimum Gasteiger partial charge on any atom is -0.325 e. The minimum atomic E-state index is 0.564. The Kier molecular flexibility index (Phi) is 3.22. The van der Waals surface area contributed by atoms with Gasteiger partial charge in [0, 0.05) is 11.2 Å². The topological polar surface area (TPSA) is 61.6 Å². The third-order valence-electron chi connectivity index (χ3n) is 2.18. The third kappa shape index (κ3) is 2.71. The number of aryl methyl sites for hydroxylation is 1. The van der Waals surface area contributed by atoms with Gasteiger partial charge >= 0.3 is 0 Å². The predicted octanol–water partition coefficient (Wildman–Crippen LogP) is 3.05. The Morgan fingerprint density at radius 2 is 2.12 bits per heavy atom. The lowest BCUT2D eigenvalue weighted by Gasteiger charge is -2.06. The van der Waals surface area contributed by atoms with E-state index in [2.05, 4.69) is 21.4 Å². The molecule has 0 amide bonds. The summed E-state index contributed by atoms with van der Waals surface area (Å²) in [6.45, 7) is 1.79. The highest BCUT2D eigenvalue weighted by molar-refractivity contribution is 6.30. The Balaban J connectivity index is 2.25. The van der Waals surface area contributed by atoms with Crippen LogP contribution in [-0.2, 0) is 0 Å². The number of hydrogen-bond acceptors (Lipinski definition) is 4. The van der Waals surface area contributed by atoms with Gasteiger partial charge in [0.05, 0.1) is 11.3 Å². The van der Waals surface area contributed by atoms with E-state index in [1.807, 2.05) is 0 Å². The third-order valence-corrected chi connectivity index (χ3v) is 2.42. The Labute approximate surface area is 104 Å². The number of nitriles is 1. The number of rotatable bonds is 2. The molecule has 0 atom stereocenters. The highest BCUT2D eigenvalue weighted by Gasteiger charge is 2.02. The van der Waals surface area contributed by atoms with Crippen molar-refractivity contribution in [3.63, 3.8) is 0 Å². The fourth-order valence-corrected chi connectivity index (χ4v) is 1.51. The van der Waals surface area contributed by atoms with Gasteiger partial charge in [0.15, 0.2) is 0 Å². The largest absolute Gasteiger partial charge is 0.325 e. The van der Waals surface area contributed by atoms with Gasteiger partial charge in [-0.2, -0.15) is 5.26 Å². The fourth-order valence-electron chi connectivity index (χ4n) is 1.35. The number of pyridine rings is 2. The molecule has 2 rings (SSSR count). The van der Waals surface area contributed by atoms with Crippen molar-refractivity contribution in [2.24, 2.45) is 0 Å². The molecule has 0 radical (unpaired) electrons. The molecule has 84 valence electrons.